The number of carbonyl (C=O) groups excluding carboxylic acids is 1. The van der Waals surface area contributed by atoms with Gasteiger partial charge in [0.1, 0.15) is 11.3 Å². The van der Waals surface area contributed by atoms with Gasteiger partial charge in [-0.2, -0.15) is 9.40 Å². The molecule has 1 aliphatic heterocycles. The maximum absolute atomic E-state index is 13.5. The number of nitrogens with one attached hydrogen (secondary N) is 1. The van der Waals surface area contributed by atoms with Gasteiger partial charge in [-0.25, -0.2) is 22.0 Å². The minimum Gasteiger partial charge on any atom is -0.336 e. The van der Waals surface area contributed by atoms with Crippen molar-refractivity contribution in [2.24, 2.45) is 0 Å². The SMILES string of the molecule is Cc1c(C(=O)N2CCN(S(=O)(=O)c3cccc(F)c3)CC2)cnn1-c1nn2cccc2c(=O)[nH]1. The molecule has 1 fully saturated rings. The van der Waals surface area contributed by atoms with Crippen molar-refractivity contribution < 1.29 is 17.6 Å². The summed E-state index contributed by atoms with van der Waals surface area (Å²) in [7, 11) is -3.86. The fourth-order valence-electron chi connectivity index (χ4n) is 3.94. The van der Waals surface area contributed by atoms with Crippen LogP contribution in [-0.4, -0.2) is 74.1 Å². The van der Waals surface area contributed by atoms with Crippen LogP contribution in [0, 0.1) is 12.7 Å². The number of hydrogen-bond donors (Lipinski definition) is 1. The first-order chi connectivity index (χ1) is 16.3. The fraction of sp³-hybridized carbons (Fsp3) is 0.238. The number of rotatable bonds is 4. The number of amides is 1. The van der Waals surface area contributed by atoms with E-state index in [1.807, 2.05) is 0 Å². The molecule has 176 valence electrons. The molecule has 5 rings (SSSR count). The van der Waals surface area contributed by atoms with E-state index in [1.165, 1.54) is 42.8 Å². The molecule has 1 amide bonds. The van der Waals surface area contributed by atoms with Crippen molar-refractivity contribution in [3.8, 4) is 5.95 Å². The van der Waals surface area contributed by atoms with Crippen LogP contribution in [0.15, 0.2) is 58.5 Å². The van der Waals surface area contributed by atoms with Crippen LogP contribution in [0.25, 0.3) is 11.5 Å². The second-order valence-electron chi connectivity index (χ2n) is 7.82. The first-order valence-electron chi connectivity index (χ1n) is 10.4. The van der Waals surface area contributed by atoms with Crippen LogP contribution in [0.3, 0.4) is 0 Å². The van der Waals surface area contributed by atoms with Gasteiger partial charge >= 0.3 is 0 Å². The molecule has 1 aliphatic rings. The standard InChI is InChI=1S/C21H20FN7O4S/c1-14-17(13-23-29(14)21-24-19(30)18-6-3-7-28(18)25-21)20(31)26-8-10-27(11-9-26)34(32,33)16-5-2-4-15(22)12-16/h2-7,12-13H,8-11H2,1H3,(H,24,25,30). The van der Waals surface area contributed by atoms with Gasteiger partial charge in [-0.1, -0.05) is 6.07 Å². The largest absolute Gasteiger partial charge is 0.336 e. The number of aromatic amines is 1. The average molecular weight is 486 g/mol. The molecular weight excluding hydrogens is 465 g/mol. The van der Waals surface area contributed by atoms with E-state index in [0.29, 0.717) is 16.8 Å². The van der Waals surface area contributed by atoms with Crippen molar-refractivity contribution in [3.63, 3.8) is 0 Å². The number of piperazine rings is 1. The Morgan fingerprint density at radius 2 is 1.88 bits per heavy atom. The van der Waals surface area contributed by atoms with Gasteiger partial charge in [-0.15, -0.1) is 5.10 Å². The summed E-state index contributed by atoms with van der Waals surface area (Å²) in [6, 6.07) is 8.18. The number of hydrogen-bond acceptors (Lipinski definition) is 6. The van der Waals surface area contributed by atoms with Crippen molar-refractivity contribution in [1.82, 2.24) is 33.6 Å². The van der Waals surface area contributed by atoms with Crippen LogP contribution in [0.4, 0.5) is 4.39 Å². The predicted octanol–water partition coefficient (Wildman–Crippen LogP) is 0.803. The van der Waals surface area contributed by atoms with Gasteiger partial charge in [0.05, 0.1) is 22.3 Å². The molecule has 0 spiro atoms. The Labute approximate surface area is 193 Å². The monoisotopic (exact) mass is 485 g/mol. The zero-order valence-electron chi connectivity index (χ0n) is 18.0. The second kappa shape index (κ2) is 8.18. The third-order valence-electron chi connectivity index (χ3n) is 5.79. The number of aromatic nitrogens is 5. The highest BCUT2D eigenvalue weighted by atomic mass is 32.2. The quantitative estimate of drug-likeness (QED) is 0.456. The molecule has 1 saturated heterocycles. The molecule has 4 heterocycles. The van der Waals surface area contributed by atoms with Crippen LogP contribution < -0.4 is 5.56 Å². The van der Waals surface area contributed by atoms with E-state index >= 15 is 0 Å². The zero-order valence-corrected chi connectivity index (χ0v) is 18.9. The van der Waals surface area contributed by atoms with E-state index in [9.17, 15) is 22.4 Å². The fourth-order valence-corrected chi connectivity index (χ4v) is 5.39. The van der Waals surface area contributed by atoms with Crippen LogP contribution in [0.1, 0.15) is 16.1 Å². The van der Waals surface area contributed by atoms with Gasteiger partial charge in [0.15, 0.2) is 0 Å². The topological polar surface area (TPSA) is 126 Å². The molecule has 0 radical (unpaired) electrons. The molecule has 0 bridgehead atoms. The normalized spacial score (nSPS) is 15.2. The molecule has 11 nitrogen and oxygen atoms in total. The van der Waals surface area contributed by atoms with Crippen LogP contribution in [0.2, 0.25) is 0 Å². The highest BCUT2D eigenvalue weighted by Crippen LogP contribution is 2.20. The lowest BCUT2D eigenvalue weighted by Crippen LogP contribution is -2.50. The Kier molecular flexibility index (Phi) is 5.29. The molecule has 0 aliphatic carbocycles. The van der Waals surface area contributed by atoms with Crippen LogP contribution >= 0.6 is 0 Å². The highest BCUT2D eigenvalue weighted by molar-refractivity contribution is 7.89. The lowest BCUT2D eigenvalue weighted by atomic mass is 10.2. The van der Waals surface area contributed by atoms with Crippen molar-refractivity contribution in [2.45, 2.75) is 11.8 Å². The molecule has 0 saturated carbocycles. The van der Waals surface area contributed by atoms with E-state index < -0.39 is 15.8 Å². The number of halogens is 1. The number of H-pyrrole nitrogens is 1. The molecule has 4 aromatic rings. The molecule has 0 unspecified atom stereocenters. The first-order valence-corrected chi connectivity index (χ1v) is 11.9. The summed E-state index contributed by atoms with van der Waals surface area (Å²) in [5.41, 5.74) is 0.843. The average Bonchev–Trinajstić information content (AvgIpc) is 3.45. The molecule has 3 aromatic heterocycles. The Bertz CT molecular complexity index is 1570. The predicted molar refractivity (Wildman–Crippen MR) is 119 cm³/mol. The molecule has 0 atom stereocenters. The highest BCUT2D eigenvalue weighted by Gasteiger charge is 2.31. The molecule has 1 N–H and O–H groups in total. The summed E-state index contributed by atoms with van der Waals surface area (Å²) in [6.07, 6.45) is 3.03. The minimum absolute atomic E-state index is 0.0803. The Balaban J connectivity index is 1.33. The van der Waals surface area contributed by atoms with Crippen molar-refractivity contribution in [1.29, 1.82) is 0 Å². The van der Waals surface area contributed by atoms with Gasteiger partial charge in [0.25, 0.3) is 11.5 Å². The molecular formula is C21H20FN7O4S. The molecule has 34 heavy (non-hydrogen) atoms. The number of benzene rings is 1. The number of fused-ring (bicyclic) bond motifs is 1. The number of sulfonamides is 1. The summed E-state index contributed by atoms with van der Waals surface area (Å²) >= 11 is 0. The van der Waals surface area contributed by atoms with Crippen LogP contribution in [-0.2, 0) is 10.0 Å². The number of carbonyl (C=O) groups is 1. The third kappa shape index (κ3) is 3.68. The van der Waals surface area contributed by atoms with Gasteiger partial charge in [-0.05, 0) is 37.3 Å². The maximum atomic E-state index is 13.5. The number of nitrogens with zero attached hydrogens (tertiary/aromatic N) is 6. The third-order valence-corrected chi connectivity index (χ3v) is 7.68. The maximum Gasteiger partial charge on any atom is 0.276 e. The van der Waals surface area contributed by atoms with E-state index in [0.717, 1.165) is 6.07 Å². The summed E-state index contributed by atoms with van der Waals surface area (Å²) < 4.78 is 43.1. The Hall–Kier alpha value is -3.84. The zero-order chi connectivity index (χ0) is 24.0. The van der Waals surface area contributed by atoms with E-state index in [-0.39, 0.29) is 48.5 Å². The van der Waals surface area contributed by atoms with E-state index in [1.54, 1.807) is 25.3 Å². The second-order valence-corrected chi connectivity index (χ2v) is 9.76. The summed E-state index contributed by atoms with van der Waals surface area (Å²) in [6.45, 7) is 2.18. The Morgan fingerprint density at radius 1 is 1.12 bits per heavy atom. The van der Waals surface area contributed by atoms with E-state index in [4.69, 9.17) is 0 Å². The molecule has 1 aromatic carbocycles. The summed E-state index contributed by atoms with van der Waals surface area (Å²) in [5, 5.41) is 8.54. The van der Waals surface area contributed by atoms with Crippen molar-refractivity contribution in [2.75, 3.05) is 26.2 Å². The van der Waals surface area contributed by atoms with Gasteiger partial charge in [0, 0.05) is 32.4 Å². The summed E-state index contributed by atoms with van der Waals surface area (Å²) in [4.78, 5) is 29.5. The van der Waals surface area contributed by atoms with Crippen LogP contribution in [0.5, 0.6) is 0 Å². The van der Waals surface area contributed by atoms with Gasteiger partial charge < -0.3 is 4.90 Å². The summed E-state index contributed by atoms with van der Waals surface area (Å²) in [5.74, 6) is -0.777. The van der Waals surface area contributed by atoms with Crippen molar-refractivity contribution in [3.05, 3.63) is 76.2 Å². The van der Waals surface area contributed by atoms with Crippen molar-refractivity contribution >= 4 is 21.4 Å². The lowest BCUT2D eigenvalue weighted by Gasteiger charge is -2.34. The Morgan fingerprint density at radius 3 is 2.62 bits per heavy atom. The van der Waals surface area contributed by atoms with Gasteiger partial charge in [-0.3, -0.25) is 14.6 Å². The molecule has 13 heteroatoms. The first kappa shape index (κ1) is 22.0. The van der Waals surface area contributed by atoms with Gasteiger partial charge in [0.2, 0.25) is 16.0 Å². The minimum atomic E-state index is -3.86. The lowest BCUT2D eigenvalue weighted by molar-refractivity contribution is 0.0697. The van der Waals surface area contributed by atoms with E-state index in [2.05, 4.69) is 15.2 Å². The smallest absolute Gasteiger partial charge is 0.276 e.